The van der Waals surface area contributed by atoms with Crippen LogP contribution in [0.2, 0.25) is 0 Å². The largest absolute Gasteiger partial charge is 0.321 e. The summed E-state index contributed by atoms with van der Waals surface area (Å²) in [6.45, 7) is 3.92. The number of aromatic nitrogens is 1. The van der Waals surface area contributed by atoms with Crippen molar-refractivity contribution in [2.24, 2.45) is 0 Å². The van der Waals surface area contributed by atoms with Crippen LogP contribution in [0.25, 0.3) is 17.0 Å². The first-order valence-corrected chi connectivity index (χ1v) is 5.71. The summed E-state index contributed by atoms with van der Waals surface area (Å²) in [6, 6.07) is 9.11. The van der Waals surface area contributed by atoms with Crippen LogP contribution in [0.1, 0.15) is 16.7 Å². The summed E-state index contributed by atoms with van der Waals surface area (Å²) in [7, 11) is 0. The lowest BCUT2D eigenvalue weighted by Gasteiger charge is -2.05. The van der Waals surface area contributed by atoms with Gasteiger partial charge in [-0.05, 0) is 43.2 Å². The van der Waals surface area contributed by atoms with E-state index in [0.29, 0.717) is 5.56 Å². The van der Waals surface area contributed by atoms with Crippen molar-refractivity contribution in [1.82, 2.24) is 4.98 Å². The summed E-state index contributed by atoms with van der Waals surface area (Å²) in [5, 5.41) is 18.4. The topological polar surface area (TPSA) is 80.4 Å². The molecular weight excluding hydrogens is 238 g/mol. The van der Waals surface area contributed by atoms with Gasteiger partial charge >= 0.3 is 0 Å². The van der Waals surface area contributed by atoms with E-state index >= 15 is 0 Å². The molecule has 1 heterocycles. The van der Waals surface area contributed by atoms with Crippen molar-refractivity contribution < 1.29 is 0 Å². The first-order chi connectivity index (χ1) is 9.05. The van der Waals surface area contributed by atoms with Crippen LogP contribution in [-0.2, 0) is 0 Å². The van der Waals surface area contributed by atoms with E-state index in [2.05, 4.69) is 4.98 Å². The van der Waals surface area contributed by atoms with E-state index in [9.17, 15) is 4.79 Å². The van der Waals surface area contributed by atoms with Crippen molar-refractivity contribution in [3.63, 3.8) is 0 Å². The van der Waals surface area contributed by atoms with Gasteiger partial charge in [0.05, 0.1) is 0 Å². The van der Waals surface area contributed by atoms with Gasteiger partial charge in [-0.25, -0.2) is 0 Å². The number of H-pyrrole nitrogens is 1. The quantitative estimate of drug-likeness (QED) is 0.788. The Morgan fingerprint density at radius 2 is 1.89 bits per heavy atom. The fourth-order valence-electron chi connectivity index (χ4n) is 2.04. The number of nitrogens with zero attached hydrogens (tertiary/aromatic N) is 2. The minimum absolute atomic E-state index is 0.0883. The summed E-state index contributed by atoms with van der Waals surface area (Å²) < 4.78 is 0. The normalized spacial score (nSPS) is 9.68. The van der Waals surface area contributed by atoms with Crippen LogP contribution in [0.15, 0.2) is 28.6 Å². The Morgan fingerprint density at radius 3 is 2.53 bits per heavy atom. The second kappa shape index (κ2) is 4.80. The van der Waals surface area contributed by atoms with Crippen molar-refractivity contribution in [3.8, 4) is 12.1 Å². The Hall–Kier alpha value is -2.85. The van der Waals surface area contributed by atoms with Gasteiger partial charge in [-0.2, -0.15) is 10.5 Å². The van der Waals surface area contributed by atoms with Gasteiger partial charge in [0.25, 0.3) is 5.56 Å². The van der Waals surface area contributed by atoms with Gasteiger partial charge in [0.15, 0.2) is 0 Å². The second-order valence-corrected chi connectivity index (χ2v) is 4.38. The number of fused-ring (bicyclic) bond motifs is 1. The van der Waals surface area contributed by atoms with Gasteiger partial charge < -0.3 is 4.98 Å². The molecule has 0 saturated carbocycles. The lowest BCUT2D eigenvalue weighted by atomic mass is 10.0. The number of pyridine rings is 1. The molecule has 2 aromatic rings. The third kappa shape index (κ3) is 2.38. The van der Waals surface area contributed by atoms with Crippen LogP contribution in [0.4, 0.5) is 0 Å². The molecule has 0 spiro atoms. The van der Waals surface area contributed by atoms with Crippen LogP contribution in [0.5, 0.6) is 0 Å². The van der Waals surface area contributed by atoms with Crippen LogP contribution in [0.3, 0.4) is 0 Å². The lowest BCUT2D eigenvalue weighted by Crippen LogP contribution is -2.09. The average Bonchev–Trinajstić information content (AvgIpc) is 2.36. The van der Waals surface area contributed by atoms with Gasteiger partial charge in [-0.15, -0.1) is 0 Å². The first-order valence-electron chi connectivity index (χ1n) is 5.71. The van der Waals surface area contributed by atoms with E-state index in [1.54, 1.807) is 18.2 Å². The fourth-order valence-corrected chi connectivity index (χ4v) is 2.04. The molecule has 0 aliphatic carbocycles. The zero-order valence-electron chi connectivity index (χ0n) is 10.6. The standard InChI is InChI=1S/C15H11N3O/c1-9-3-10(2)13-6-12(5-11(7-16)8-17)15(19)18-14(13)4-9/h3-6H,1-2H3,(H,18,19). The Balaban J connectivity index is 2.77. The summed E-state index contributed by atoms with van der Waals surface area (Å²) in [4.78, 5) is 14.7. The number of benzene rings is 1. The van der Waals surface area contributed by atoms with Crippen molar-refractivity contribution in [2.75, 3.05) is 0 Å². The molecule has 4 nitrogen and oxygen atoms in total. The van der Waals surface area contributed by atoms with Crippen molar-refractivity contribution in [3.05, 3.63) is 50.8 Å². The Kier molecular flexibility index (Phi) is 3.18. The SMILES string of the molecule is Cc1cc(C)c2cc(C=C(C#N)C#N)c(=O)[nH]c2c1. The molecule has 0 aliphatic heterocycles. The van der Waals surface area contributed by atoms with Crippen molar-refractivity contribution in [1.29, 1.82) is 10.5 Å². The summed E-state index contributed by atoms with van der Waals surface area (Å²) >= 11 is 0. The van der Waals surface area contributed by atoms with Gasteiger partial charge in [0.2, 0.25) is 0 Å². The number of hydrogen-bond acceptors (Lipinski definition) is 3. The molecule has 0 radical (unpaired) electrons. The molecule has 1 aromatic carbocycles. The summed E-state index contributed by atoms with van der Waals surface area (Å²) in [5.74, 6) is 0. The highest BCUT2D eigenvalue weighted by Crippen LogP contribution is 2.19. The maximum absolute atomic E-state index is 11.9. The van der Waals surface area contributed by atoms with E-state index < -0.39 is 0 Å². The number of allylic oxidation sites excluding steroid dienone is 1. The number of hydrogen-bond donors (Lipinski definition) is 1. The molecule has 1 aromatic heterocycles. The maximum atomic E-state index is 11.9. The van der Waals surface area contributed by atoms with E-state index in [1.165, 1.54) is 6.08 Å². The van der Waals surface area contributed by atoms with E-state index in [1.807, 2.05) is 26.0 Å². The number of aromatic amines is 1. The Morgan fingerprint density at radius 1 is 1.21 bits per heavy atom. The Labute approximate surface area is 110 Å². The zero-order valence-corrected chi connectivity index (χ0v) is 10.6. The highest BCUT2D eigenvalue weighted by atomic mass is 16.1. The molecule has 1 N–H and O–H groups in total. The van der Waals surface area contributed by atoms with Crippen LogP contribution >= 0.6 is 0 Å². The molecule has 92 valence electrons. The molecule has 0 amide bonds. The average molecular weight is 249 g/mol. The highest BCUT2D eigenvalue weighted by Gasteiger charge is 2.05. The number of rotatable bonds is 1. The molecule has 0 fully saturated rings. The minimum atomic E-state index is -0.305. The first kappa shape index (κ1) is 12.6. The molecule has 4 heteroatoms. The van der Waals surface area contributed by atoms with Crippen molar-refractivity contribution in [2.45, 2.75) is 13.8 Å². The van der Waals surface area contributed by atoms with Crippen LogP contribution < -0.4 is 5.56 Å². The Bertz CT molecular complexity index is 813. The maximum Gasteiger partial charge on any atom is 0.255 e. The van der Waals surface area contributed by atoms with Gasteiger partial charge in [0.1, 0.15) is 17.7 Å². The van der Waals surface area contributed by atoms with Gasteiger partial charge in [-0.1, -0.05) is 6.07 Å². The zero-order chi connectivity index (χ0) is 14.0. The predicted molar refractivity (Wildman–Crippen MR) is 73.2 cm³/mol. The number of aryl methyl sites for hydroxylation is 2. The smallest absolute Gasteiger partial charge is 0.255 e. The highest BCUT2D eigenvalue weighted by molar-refractivity contribution is 5.85. The number of nitriles is 2. The predicted octanol–water partition coefficient (Wildman–Crippen LogP) is 2.58. The third-order valence-electron chi connectivity index (χ3n) is 2.88. The van der Waals surface area contributed by atoms with Gasteiger partial charge in [-0.3, -0.25) is 4.79 Å². The second-order valence-electron chi connectivity index (χ2n) is 4.38. The summed E-state index contributed by atoms with van der Waals surface area (Å²) in [5.41, 5.74) is 2.79. The van der Waals surface area contributed by atoms with Crippen LogP contribution in [-0.4, -0.2) is 4.98 Å². The molecule has 0 bridgehead atoms. The van der Waals surface area contributed by atoms with E-state index in [0.717, 1.165) is 22.0 Å². The van der Waals surface area contributed by atoms with Crippen LogP contribution in [0, 0.1) is 36.5 Å². The number of nitrogens with one attached hydrogen (secondary N) is 1. The molecule has 0 aliphatic rings. The summed E-state index contributed by atoms with van der Waals surface area (Å²) in [6.07, 6.45) is 1.30. The molecular formula is C15H11N3O. The van der Waals surface area contributed by atoms with E-state index in [4.69, 9.17) is 10.5 Å². The lowest BCUT2D eigenvalue weighted by molar-refractivity contribution is 1.27. The molecule has 0 unspecified atom stereocenters. The molecule has 2 rings (SSSR count). The third-order valence-corrected chi connectivity index (χ3v) is 2.88. The molecule has 0 saturated heterocycles. The van der Waals surface area contributed by atoms with Crippen molar-refractivity contribution >= 4 is 17.0 Å². The minimum Gasteiger partial charge on any atom is -0.321 e. The molecule has 19 heavy (non-hydrogen) atoms. The van der Waals surface area contributed by atoms with Gasteiger partial charge in [0, 0.05) is 16.5 Å². The fraction of sp³-hybridized carbons (Fsp3) is 0.133. The van der Waals surface area contributed by atoms with E-state index in [-0.39, 0.29) is 11.1 Å². The molecule has 0 atom stereocenters. The monoisotopic (exact) mass is 249 g/mol.